The number of carbonyl (C=O) groups is 1. The second-order valence-electron chi connectivity index (χ2n) is 7.59. The Balaban J connectivity index is 3.50. The van der Waals surface area contributed by atoms with E-state index in [1.54, 1.807) is 0 Å². The Morgan fingerprint density at radius 2 is 1.44 bits per heavy atom. The molecule has 0 aliphatic carbocycles. The number of rotatable bonds is 17. The quantitative estimate of drug-likeness (QED) is 0.115. The normalized spacial score (nSPS) is 12.6. The molecule has 0 aliphatic heterocycles. The summed E-state index contributed by atoms with van der Waals surface area (Å²) in [5.41, 5.74) is 0. The zero-order valence-electron chi connectivity index (χ0n) is 17.2. The Kier molecular flexibility index (Phi) is 14.6. The van der Waals surface area contributed by atoms with Crippen molar-refractivity contribution in [1.29, 1.82) is 0 Å². The highest BCUT2D eigenvalue weighted by atomic mass is 16.5. The Hall–Kier alpha value is -1.03. The Bertz CT molecular complexity index is 342. The Morgan fingerprint density at radius 3 is 1.92 bits per heavy atom. The molecular formula is C21H42NO3+. The summed E-state index contributed by atoms with van der Waals surface area (Å²) in [7, 11) is 3.91. The summed E-state index contributed by atoms with van der Waals surface area (Å²) in [5.74, 6) is -0.156. The molecule has 4 nitrogen and oxygen atoms in total. The first-order valence-corrected chi connectivity index (χ1v) is 10.2. The number of carbonyl (C=O) groups excluding carboxylic acids is 1. The number of unbranched alkanes of at least 4 members (excludes halogenated alkanes) is 10. The van der Waals surface area contributed by atoms with Crippen LogP contribution in [0.1, 0.15) is 84.5 Å². The molecule has 0 radical (unpaired) electrons. The average molecular weight is 357 g/mol. The summed E-state index contributed by atoms with van der Waals surface area (Å²) in [6.45, 7) is 8.59. The standard InChI is InChI=1S/C21H42NO3/c1-6-8-9-10-11-12-13-14-15-16-17-18-25-21(23)19-22(4,5)20(3)24-7-2/h7,20H,2,6,8-19H2,1,3-5H3/q+1. The Morgan fingerprint density at radius 1 is 0.960 bits per heavy atom. The van der Waals surface area contributed by atoms with Gasteiger partial charge < -0.3 is 9.47 Å². The van der Waals surface area contributed by atoms with Crippen molar-refractivity contribution in [2.24, 2.45) is 0 Å². The summed E-state index contributed by atoms with van der Waals surface area (Å²) >= 11 is 0. The van der Waals surface area contributed by atoms with Gasteiger partial charge in [-0.05, 0) is 6.42 Å². The number of quaternary nitrogens is 1. The van der Waals surface area contributed by atoms with Gasteiger partial charge in [-0.2, -0.15) is 0 Å². The van der Waals surface area contributed by atoms with Crippen molar-refractivity contribution in [2.45, 2.75) is 90.7 Å². The second kappa shape index (κ2) is 15.2. The van der Waals surface area contributed by atoms with Crippen LogP contribution in [0.5, 0.6) is 0 Å². The molecule has 148 valence electrons. The zero-order valence-corrected chi connectivity index (χ0v) is 17.2. The molecule has 0 aliphatic rings. The van der Waals surface area contributed by atoms with Gasteiger partial charge in [-0.15, -0.1) is 0 Å². The topological polar surface area (TPSA) is 35.5 Å². The summed E-state index contributed by atoms with van der Waals surface area (Å²) in [6, 6.07) is 0. The van der Waals surface area contributed by atoms with Crippen LogP contribution in [0.3, 0.4) is 0 Å². The lowest BCUT2D eigenvalue weighted by Gasteiger charge is -2.33. The maximum Gasteiger partial charge on any atom is 0.361 e. The fourth-order valence-corrected chi connectivity index (χ4v) is 2.76. The lowest BCUT2D eigenvalue weighted by Crippen LogP contribution is -2.51. The van der Waals surface area contributed by atoms with Crippen LogP contribution < -0.4 is 0 Å². The number of esters is 1. The molecule has 0 fully saturated rings. The first-order valence-electron chi connectivity index (χ1n) is 10.2. The number of hydrogen-bond acceptors (Lipinski definition) is 3. The number of hydrogen-bond donors (Lipinski definition) is 0. The van der Waals surface area contributed by atoms with E-state index in [9.17, 15) is 4.79 Å². The molecule has 0 aromatic heterocycles. The lowest BCUT2D eigenvalue weighted by molar-refractivity contribution is -0.927. The van der Waals surface area contributed by atoms with E-state index in [1.807, 2.05) is 21.0 Å². The minimum Gasteiger partial charge on any atom is -0.462 e. The van der Waals surface area contributed by atoms with Crippen molar-refractivity contribution in [1.82, 2.24) is 0 Å². The third-order valence-corrected chi connectivity index (χ3v) is 4.83. The minimum atomic E-state index is -0.156. The van der Waals surface area contributed by atoms with Crippen LogP contribution >= 0.6 is 0 Å². The monoisotopic (exact) mass is 356 g/mol. The van der Waals surface area contributed by atoms with E-state index in [0.717, 1.165) is 12.8 Å². The SMILES string of the molecule is C=COC(C)[N+](C)(C)CC(=O)OCCCCCCCCCCCCC. The van der Waals surface area contributed by atoms with Crippen molar-refractivity contribution >= 4 is 5.97 Å². The van der Waals surface area contributed by atoms with Gasteiger partial charge >= 0.3 is 5.97 Å². The van der Waals surface area contributed by atoms with E-state index in [-0.39, 0.29) is 12.2 Å². The van der Waals surface area contributed by atoms with Crippen LogP contribution in [-0.2, 0) is 14.3 Å². The first-order chi connectivity index (χ1) is 11.9. The Labute approximate surface area is 156 Å². The molecular weight excluding hydrogens is 314 g/mol. The van der Waals surface area contributed by atoms with Crippen molar-refractivity contribution in [3.05, 3.63) is 12.8 Å². The molecule has 0 bridgehead atoms. The third kappa shape index (κ3) is 13.9. The van der Waals surface area contributed by atoms with E-state index < -0.39 is 0 Å². The van der Waals surface area contributed by atoms with Gasteiger partial charge in [-0.3, -0.25) is 4.48 Å². The molecule has 25 heavy (non-hydrogen) atoms. The van der Waals surface area contributed by atoms with E-state index in [4.69, 9.17) is 9.47 Å². The molecule has 0 spiro atoms. The third-order valence-electron chi connectivity index (χ3n) is 4.83. The van der Waals surface area contributed by atoms with Gasteiger partial charge in [0.15, 0.2) is 6.54 Å². The first kappa shape index (κ1) is 24.0. The highest BCUT2D eigenvalue weighted by Gasteiger charge is 2.28. The van der Waals surface area contributed by atoms with Crippen molar-refractivity contribution in [2.75, 3.05) is 27.2 Å². The molecule has 0 saturated heterocycles. The fourth-order valence-electron chi connectivity index (χ4n) is 2.76. The van der Waals surface area contributed by atoms with E-state index in [2.05, 4.69) is 13.5 Å². The summed E-state index contributed by atoms with van der Waals surface area (Å²) in [6.07, 6.45) is 15.6. The zero-order chi connectivity index (χ0) is 19.0. The maximum absolute atomic E-state index is 11.9. The molecule has 0 saturated carbocycles. The minimum absolute atomic E-state index is 0.118. The second-order valence-corrected chi connectivity index (χ2v) is 7.59. The van der Waals surface area contributed by atoms with Crippen LogP contribution in [-0.4, -0.2) is 43.9 Å². The van der Waals surface area contributed by atoms with Crippen LogP contribution in [0.25, 0.3) is 0 Å². The van der Waals surface area contributed by atoms with Gasteiger partial charge in [0, 0.05) is 6.92 Å². The van der Waals surface area contributed by atoms with Crippen molar-refractivity contribution < 1.29 is 18.8 Å². The number of nitrogens with zero attached hydrogens (tertiary/aromatic N) is 1. The maximum atomic E-state index is 11.9. The molecule has 0 rings (SSSR count). The molecule has 0 amide bonds. The predicted octanol–water partition coefficient (Wildman–Crippen LogP) is 5.42. The van der Waals surface area contributed by atoms with Gasteiger partial charge in [0.25, 0.3) is 0 Å². The molecule has 0 aromatic carbocycles. The average Bonchev–Trinajstić information content (AvgIpc) is 2.55. The van der Waals surface area contributed by atoms with Crippen molar-refractivity contribution in [3.63, 3.8) is 0 Å². The predicted molar refractivity (Wildman–Crippen MR) is 105 cm³/mol. The van der Waals surface area contributed by atoms with Crippen LogP contribution in [0.15, 0.2) is 12.8 Å². The smallest absolute Gasteiger partial charge is 0.361 e. The van der Waals surface area contributed by atoms with Gasteiger partial charge in [0.05, 0.1) is 27.0 Å². The van der Waals surface area contributed by atoms with Gasteiger partial charge in [0.1, 0.15) is 0 Å². The highest BCUT2D eigenvalue weighted by molar-refractivity contribution is 5.70. The number of ether oxygens (including phenoxy) is 2. The largest absolute Gasteiger partial charge is 0.462 e. The molecule has 0 aromatic rings. The van der Waals surface area contributed by atoms with Crippen LogP contribution in [0.4, 0.5) is 0 Å². The molecule has 1 unspecified atom stereocenters. The van der Waals surface area contributed by atoms with Crippen molar-refractivity contribution in [3.8, 4) is 0 Å². The van der Waals surface area contributed by atoms with E-state index in [1.165, 1.54) is 64.0 Å². The molecule has 1 atom stereocenters. The van der Waals surface area contributed by atoms with Crippen LogP contribution in [0.2, 0.25) is 0 Å². The fraction of sp³-hybridized carbons (Fsp3) is 0.857. The van der Waals surface area contributed by atoms with E-state index in [0.29, 0.717) is 17.6 Å². The molecule has 0 N–H and O–H groups in total. The van der Waals surface area contributed by atoms with Gasteiger partial charge in [-0.25, -0.2) is 4.79 Å². The summed E-state index contributed by atoms with van der Waals surface area (Å²) < 4.78 is 11.1. The van der Waals surface area contributed by atoms with Gasteiger partial charge in [0.2, 0.25) is 6.23 Å². The molecule has 4 heteroatoms. The lowest BCUT2D eigenvalue weighted by atomic mass is 10.1. The van der Waals surface area contributed by atoms with Gasteiger partial charge in [-0.1, -0.05) is 77.7 Å². The summed E-state index contributed by atoms with van der Waals surface area (Å²) in [4.78, 5) is 11.9. The molecule has 0 heterocycles. The number of likely N-dealkylation sites (N-methyl/N-ethyl adjacent to an activating group) is 1. The summed E-state index contributed by atoms with van der Waals surface area (Å²) in [5, 5.41) is 0. The van der Waals surface area contributed by atoms with Crippen LogP contribution in [0, 0.1) is 0 Å². The highest BCUT2D eigenvalue weighted by Crippen LogP contribution is 2.12. The van der Waals surface area contributed by atoms with E-state index >= 15 is 0 Å².